The molecule has 1 aliphatic carbocycles. The summed E-state index contributed by atoms with van der Waals surface area (Å²) in [5.74, 6) is 0.794. The number of hydrogen-bond donors (Lipinski definition) is 1. The van der Waals surface area contributed by atoms with Crippen molar-refractivity contribution in [3.63, 3.8) is 0 Å². The number of fused-ring (bicyclic) bond motifs is 4. The Hall–Kier alpha value is -3.27. The third-order valence-corrected chi connectivity index (χ3v) is 7.85. The van der Waals surface area contributed by atoms with Crippen LogP contribution in [0.15, 0.2) is 77.0 Å². The van der Waals surface area contributed by atoms with Crippen molar-refractivity contribution in [1.29, 1.82) is 0 Å². The van der Waals surface area contributed by atoms with E-state index in [4.69, 9.17) is 9.40 Å². The van der Waals surface area contributed by atoms with Crippen molar-refractivity contribution in [2.45, 2.75) is 66.2 Å². The smallest absolute Gasteiger partial charge is 0.161 e. The molecule has 3 aromatic carbocycles. The number of aliphatic hydroxyl groups excluding tert-OH is 1. The van der Waals surface area contributed by atoms with Crippen molar-refractivity contribution in [2.75, 3.05) is 0 Å². The van der Waals surface area contributed by atoms with Crippen molar-refractivity contribution in [1.82, 2.24) is 4.98 Å². The van der Waals surface area contributed by atoms with Crippen LogP contribution in [0, 0.1) is 24.8 Å². The molecule has 1 saturated carbocycles. The normalized spacial score (nSPS) is 14.1. The number of benzene rings is 3. The predicted octanol–water partition coefficient (Wildman–Crippen LogP) is 9.87. The van der Waals surface area contributed by atoms with Crippen LogP contribution in [0.2, 0.25) is 0 Å². The summed E-state index contributed by atoms with van der Waals surface area (Å²) in [5.41, 5.74) is 6.22. The van der Waals surface area contributed by atoms with Gasteiger partial charge in [-0.1, -0.05) is 101 Å². The predicted molar refractivity (Wildman–Crippen MR) is 165 cm³/mol. The van der Waals surface area contributed by atoms with E-state index in [1.807, 2.05) is 39.8 Å². The molecule has 0 unspecified atom stereocenters. The number of pyridine rings is 1. The number of nitrogens with zero attached hydrogens (tertiary/aromatic N) is 1. The van der Waals surface area contributed by atoms with Crippen molar-refractivity contribution >= 4 is 38.5 Å². The maximum Gasteiger partial charge on any atom is 0.161 e. The van der Waals surface area contributed by atoms with Gasteiger partial charge in [-0.3, -0.25) is 4.79 Å². The van der Waals surface area contributed by atoms with Crippen molar-refractivity contribution in [3.05, 3.63) is 89.8 Å². The van der Waals surface area contributed by atoms with Crippen LogP contribution in [0.3, 0.4) is 0 Å². The fourth-order valence-corrected chi connectivity index (χ4v) is 5.52. The van der Waals surface area contributed by atoms with E-state index >= 15 is 0 Å². The Morgan fingerprint density at radius 3 is 2.24 bits per heavy atom. The first-order chi connectivity index (χ1) is 19.2. The number of allylic oxidation sites excluding steroid dienone is 2. The molecule has 215 valence electrons. The van der Waals surface area contributed by atoms with E-state index < -0.39 is 0 Å². The summed E-state index contributed by atoms with van der Waals surface area (Å²) in [6, 6.07) is 22.6. The molecule has 5 aromatic rings. The van der Waals surface area contributed by atoms with Gasteiger partial charge in [-0.05, 0) is 46.9 Å². The minimum absolute atomic E-state index is 0. The van der Waals surface area contributed by atoms with Crippen LogP contribution in [0.5, 0.6) is 0 Å². The average Bonchev–Trinajstić information content (AvgIpc) is 3.61. The molecule has 4 nitrogen and oxygen atoms in total. The summed E-state index contributed by atoms with van der Waals surface area (Å²) in [5, 5.41) is 14.0. The van der Waals surface area contributed by atoms with E-state index in [1.54, 1.807) is 0 Å². The van der Waals surface area contributed by atoms with Gasteiger partial charge in [0.25, 0.3) is 0 Å². The van der Waals surface area contributed by atoms with Gasteiger partial charge in [0.05, 0.1) is 11.3 Å². The number of carbonyl (C=O) groups is 1. The minimum Gasteiger partial charge on any atom is -0.512 e. The molecule has 0 atom stereocenters. The molecule has 6 rings (SSSR count). The standard InChI is InChI=1S/C27H22NO.C9H16O2.Ir/c1-17-14-22-20-11-6-7-13-25(20)29-27(22)23(15-17)26-21-12-5-4-10-19(21)24(16-28-26)18-8-2-3-9-18;1-6(2)8(10)5-9(11)7(3)4;/h4-7,10-14,16,18H,2-3,8-9H2,1H3;5-7,10H,1-4H3;/q-1;;/b;8-5-;. The fourth-order valence-electron chi connectivity index (χ4n) is 5.52. The first kappa shape index (κ1) is 30.7. The summed E-state index contributed by atoms with van der Waals surface area (Å²) < 4.78 is 6.30. The van der Waals surface area contributed by atoms with Crippen LogP contribution in [-0.2, 0) is 24.9 Å². The largest absolute Gasteiger partial charge is 0.512 e. The van der Waals surface area contributed by atoms with Crippen molar-refractivity contribution in [3.8, 4) is 11.3 Å². The summed E-state index contributed by atoms with van der Waals surface area (Å²) in [7, 11) is 0. The van der Waals surface area contributed by atoms with Gasteiger partial charge in [-0.15, -0.1) is 17.7 Å². The van der Waals surface area contributed by atoms with Gasteiger partial charge in [0.2, 0.25) is 0 Å². The molecule has 0 aliphatic heterocycles. The topological polar surface area (TPSA) is 63.3 Å². The van der Waals surface area contributed by atoms with Crippen LogP contribution in [0.1, 0.15) is 70.4 Å². The Labute approximate surface area is 256 Å². The summed E-state index contributed by atoms with van der Waals surface area (Å²) in [6.45, 7) is 9.41. The third-order valence-electron chi connectivity index (χ3n) is 7.85. The second-order valence-corrected chi connectivity index (χ2v) is 11.5. The van der Waals surface area contributed by atoms with E-state index in [1.165, 1.54) is 48.1 Å². The number of aliphatic hydroxyl groups is 1. The zero-order valence-electron chi connectivity index (χ0n) is 24.5. The van der Waals surface area contributed by atoms with Gasteiger partial charge < -0.3 is 14.5 Å². The molecule has 0 bridgehead atoms. The third kappa shape index (κ3) is 6.47. The van der Waals surface area contributed by atoms with Crippen LogP contribution in [0.4, 0.5) is 0 Å². The van der Waals surface area contributed by atoms with Gasteiger partial charge in [0.15, 0.2) is 5.78 Å². The van der Waals surface area contributed by atoms with Crippen molar-refractivity contribution in [2.24, 2.45) is 11.8 Å². The van der Waals surface area contributed by atoms with Crippen LogP contribution < -0.4 is 0 Å². The van der Waals surface area contributed by atoms with E-state index in [0.29, 0.717) is 5.92 Å². The molecule has 41 heavy (non-hydrogen) atoms. The Morgan fingerprint density at radius 1 is 0.951 bits per heavy atom. The van der Waals surface area contributed by atoms with Gasteiger partial charge in [0, 0.05) is 49.6 Å². The SMILES string of the molecule is CC(C)C(=O)/C=C(\O)C(C)C.Cc1[c-]c(-c2ncc(C3CCCC3)c3ccccc23)c2oc3ccccc3c2c1.[Ir]. The number of aromatic nitrogens is 1. The molecule has 1 fully saturated rings. The average molecular weight is 725 g/mol. The molecule has 2 aromatic heterocycles. The van der Waals surface area contributed by atoms with Crippen LogP contribution in [0.25, 0.3) is 44.0 Å². The molecule has 2 heterocycles. The molecule has 0 spiro atoms. The zero-order valence-corrected chi connectivity index (χ0v) is 26.9. The molecule has 0 amide bonds. The molecule has 1 radical (unpaired) electrons. The maximum absolute atomic E-state index is 11.0. The number of para-hydroxylation sites is 1. The number of furan rings is 1. The number of aryl methyl sites for hydroxylation is 1. The fraction of sp³-hybridized carbons (Fsp3) is 0.333. The van der Waals surface area contributed by atoms with Crippen molar-refractivity contribution < 1.29 is 34.4 Å². The van der Waals surface area contributed by atoms with Gasteiger partial charge >= 0.3 is 0 Å². The van der Waals surface area contributed by atoms with E-state index in [-0.39, 0.29) is 43.5 Å². The second kappa shape index (κ2) is 13.1. The summed E-state index contributed by atoms with van der Waals surface area (Å²) in [6.07, 6.45) is 8.62. The number of rotatable bonds is 5. The number of carbonyl (C=O) groups excluding carboxylic acids is 1. The van der Waals surface area contributed by atoms with Gasteiger partial charge in [-0.2, -0.15) is 0 Å². The molecule has 0 saturated heterocycles. The van der Waals surface area contributed by atoms with E-state index in [2.05, 4.69) is 61.7 Å². The van der Waals surface area contributed by atoms with E-state index in [0.717, 1.165) is 38.8 Å². The van der Waals surface area contributed by atoms with Crippen LogP contribution in [-0.4, -0.2) is 15.9 Å². The molecular weight excluding hydrogens is 687 g/mol. The summed E-state index contributed by atoms with van der Waals surface area (Å²) >= 11 is 0. The summed E-state index contributed by atoms with van der Waals surface area (Å²) in [4.78, 5) is 16.0. The Balaban J connectivity index is 0.000000279. The zero-order chi connectivity index (χ0) is 28.4. The Bertz CT molecular complexity index is 1710. The Kier molecular flexibility index (Phi) is 9.84. The number of hydrogen-bond acceptors (Lipinski definition) is 4. The minimum atomic E-state index is -0.0316. The monoisotopic (exact) mass is 725 g/mol. The van der Waals surface area contributed by atoms with Crippen LogP contribution >= 0.6 is 0 Å². The second-order valence-electron chi connectivity index (χ2n) is 11.5. The molecular formula is C36H38IrNO3-. The van der Waals surface area contributed by atoms with Gasteiger partial charge in [-0.25, -0.2) is 0 Å². The van der Waals surface area contributed by atoms with E-state index in [9.17, 15) is 9.90 Å². The van der Waals surface area contributed by atoms with Gasteiger partial charge in [0.1, 0.15) is 5.58 Å². The first-order valence-electron chi connectivity index (χ1n) is 14.4. The first-order valence-corrected chi connectivity index (χ1v) is 14.4. The molecule has 5 heteroatoms. The quantitative estimate of drug-likeness (QED) is 0.111. The number of ketones is 1. The maximum atomic E-state index is 11.0. The molecule has 1 N–H and O–H groups in total. The Morgan fingerprint density at radius 2 is 1.59 bits per heavy atom. The molecule has 1 aliphatic rings.